The molecular formula is C30H35N3O3. The van der Waals surface area contributed by atoms with Gasteiger partial charge >= 0.3 is 0 Å². The summed E-state index contributed by atoms with van der Waals surface area (Å²) >= 11 is 0. The second kappa shape index (κ2) is 11.4. The minimum atomic E-state index is -0.583. The molecule has 0 unspecified atom stereocenters. The summed E-state index contributed by atoms with van der Waals surface area (Å²) in [5, 5.41) is 4.99. The highest BCUT2D eigenvalue weighted by atomic mass is 16.2. The number of anilines is 1. The Labute approximate surface area is 213 Å². The molecule has 0 saturated heterocycles. The third kappa shape index (κ3) is 5.27. The lowest BCUT2D eigenvalue weighted by atomic mass is 10.1. The Kier molecular flexibility index (Phi) is 8.04. The van der Waals surface area contributed by atoms with Crippen molar-refractivity contribution in [1.82, 2.24) is 10.2 Å². The van der Waals surface area contributed by atoms with Gasteiger partial charge in [-0.1, -0.05) is 61.9 Å². The Morgan fingerprint density at radius 1 is 1.00 bits per heavy atom. The number of rotatable bonds is 11. The predicted molar refractivity (Wildman–Crippen MR) is 144 cm³/mol. The molecule has 6 nitrogen and oxygen atoms in total. The monoisotopic (exact) mass is 485 g/mol. The maximum atomic E-state index is 13.4. The molecule has 0 aromatic heterocycles. The van der Waals surface area contributed by atoms with Crippen molar-refractivity contribution in [3.8, 4) is 0 Å². The van der Waals surface area contributed by atoms with E-state index in [-0.39, 0.29) is 24.1 Å². The number of hydrogen-bond acceptors (Lipinski definition) is 3. The van der Waals surface area contributed by atoms with Crippen LogP contribution in [0.1, 0.15) is 61.0 Å². The minimum Gasteiger partial charge on any atom is -0.354 e. The molecule has 1 aliphatic heterocycles. The zero-order valence-corrected chi connectivity index (χ0v) is 21.4. The number of carbonyl (C=O) groups excluding carboxylic acids is 3. The van der Waals surface area contributed by atoms with E-state index < -0.39 is 6.04 Å². The number of nitrogens with one attached hydrogen (secondary N) is 1. The molecule has 0 aliphatic carbocycles. The molecule has 36 heavy (non-hydrogen) atoms. The van der Waals surface area contributed by atoms with Gasteiger partial charge in [-0.25, -0.2) is 0 Å². The summed E-state index contributed by atoms with van der Waals surface area (Å²) < 4.78 is 0. The summed E-state index contributed by atoms with van der Waals surface area (Å²) in [7, 11) is 0. The van der Waals surface area contributed by atoms with Crippen LogP contribution < -0.4 is 10.2 Å². The van der Waals surface area contributed by atoms with Gasteiger partial charge in [-0.3, -0.25) is 14.4 Å². The number of hydrogen-bond donors (Lipinski definition) is 1. The van der Waals surface area contributed by atoms with Gasteiger partial charge in [0.05, 0.1) is 5.69 Å². The summed E-state index contributed by atoms with van der Waals surface area (Å²) in [5.41, 5.74) is 3.73. The van der Waals surface area contributed by atoms with Gasteiger partial charge in [0.25, 0.3) is 5.91 Å². The first kappa shape index (κ1) is 25.4. The van der Waals surface area contributed by atoms with E-state index in [0.717, 1.165) is 40.4 Å². The molecule has 4 rings (SSSR count). The van der Waals surface area contributed by atoms with Crippen LogP contribution in [0.4, 0.5) is 5.69 Å². The first-order valence-corrected chi connectivity index (χ1v) is 12.9. The first-order valence-electron chi connectivity index (χ1n) is 12.9. The molecule has 1 atom stereocenters. The molecular weight excluding hydrogens is 450 g/mol. The summed E-state index contributed by atoms with van der Waals surface area (Å²) in [6.45, 7) is 7.32. The van der Waals surface area contributed by atoms with Crippen LogP contribution in [0.3, 0.4) is 0 Å². The van der Waals surface area contributed by atoms with Crippen molar-refractivity contribution in [2.45, 2.75) is 59.0 Å². The molecule has 0 radical (unpaired) electrons. The SMILES string of the molecule is CCCCNC(=O)[C@@H](C)N(Cc1ccccc1C)C(=O)CCCN1C(=O)c2cccc3cccc1c23. The number of aryl methyl sites for hydroxylation is 1. The lowest BCUT2D eigenvalue weighted by Gasteiger charge is -2.29. The predicted octanol–water partition coefficient (Wildman–Crippen LogP) is 5.22. The van der Waals surface area contributed by atoms with E-state index in [9.17, 15) is 14.4 Å². The molecule has 3 aromatic rings. The molecule has 1 heterocycles. The normalized spacial score (nSPS) is 13.2. The molecule has 3 aromatic carbocycles. The lowest BCUT2D eigenvalue weighted by Crippen LogP contribution is -2.48. The van der Waals surface area contributed by atoms with Gasteiger partial charge in [-0.15, -0.1) is 0 Å². The lowest BCUT2D eigenvalue weighted by molar-refractivity contribution is -0.140. The van der Waals surface area contributed by atoms with Crippen molar-refractivity contribution in [3.05, 3.63) is 77.4 Å². The standard InChI is InChI=1S/C30H35N3O3/c1-4-5-18-31-29(35)22(3)33(20-24-12-7-6-11-21(24)2)27(34)17-10-19-32-26-16-9-14-23-13-8-15-25(28(23)26)30(32)36/h6-9,11-16,22H,4-5,10,17-20H2,1-3H3,(H,31,35)/t22-/m1/s1. The Balaban J connectivity index is 1.45. The van der Waals surface area contributed by atoms with Crippen molar-refractivity contribution in [2.75, 3.05) is 18.0 Å². The molecule has 6 heteroatoms. The Bertz CT molecular complexity index is 1260. The van der Waals surface area contributed by atoms with Crippen LogP contribution in [-0.4, -0.2) is 41.8 Å². The van der Waals surface area contributed by atoms with E-state index >= 15 is 0 Å². The largest absolute Gasteiger partial charge is 0.354 e. The molecule has 3 amide bonds. The zero-order valence-electron chi connectivity index (χ0n) is 21.4. The van der Waals surface area contributed by atoms with E-state index in [0.29, 0.717) is 31.6 Å². The van der Waals surface area contributed by atoms with Gasteiger partial charge in [0.2, 0.25) is 11.8 Å². The van der Waals surface area contributed by atoms with Crippen LogP contribution in [0, 0.1) is 6.92 Å². The van der Waals surface area contributed by atoms with Gasteiger partial charge < -0.3 is 15.1 Å². The number of nitrogens with zero attached hydrogens (tertiary/aromatic N) is 2. The van der Waals surface area contributed by atoms with Gasteiger partial charge in [0.15, 0.2) is 0 Å². The van der Waals surface area contributed by atoms with Crippen molar-refractivity contribution in [3.63, 3.8) is 0 Å². The molecule has 188 valence electrons. The van der Waals surface area contributed by atoms with Crippen LogP contribution in [0.2, 0.25) is 0 Å². The summed E-state index contributed by atoms with van der Waals surface area (Å²) in [6.07, 6.45) is 2.68. The maximum Gasteiger partial charge on any atom is 0.258 e. The van der Waals surface area contributed by atoms with E-state index in [1.807, 2.05) is 67.6 Å². The van der Waals surface area contributed by atoms with Gasteiger partial charge in [-0.2, -0.15) is 0 Å². The second-order valence-corrected chi connectivity index (χ2v) is 9.51. The molecule has 1 N–H and O–H groups in total. The van der Waals surface area contributed by atoms with Gasteiger partial charge in [0, 0.05) is 37.0 Å². The van der Waals surface area contributed by atoms with Crippen molar-refractivity contribution < 1.29 is 14.4 Å². The smallest absolute Gasteiger partial charge is 0.258 e. The molecule has 0 fully saturated rings. The van der Waals surface area contributed by atoms with Crippen LogP contribution in [0.5, 0.6) is 0 Å². The molecule has 0 saturated carbocycles. The van der Waals surface area contributed by atoms with Crippen LogP contribution in [-0.2, 0) is 16.1 Å². The van der Waals surface area contributed by atoms with E-state index in [2.05, 4.69) is 12.2 Å². The van der Waals surface area contributed by atoms with E-state index in [1.54, 1.807) is 16.7 Å². The summed E-state index contributed by atoms with van der Waals surface area (Å²) in [4.78, 5) is 42.8. The third-order valence-electron chi connectivity index (χ3n) is 7.02. The molecule has 1 aliphatic rings. The quantitative estimate of drug-likeness (QED) is 0.379. The number of unbranched alkanes of at least 4 members (excludes halogenated alkanes) is 1. The maximum absolute atomic E-state index is 13.4. The number of amides is 3. The highest BCUT2D eigenvalue weighted by Gasteiger charge is 2.30. The fourth-order valence-electron chi connectivity index (χ4n) is 4.82. The van der Waals surface area contributed by atoms with Crippen LogP contribution in [0.15, 0.2) is 60.7 Å². The van der Waals surface area contributed by atoms with Crippen LogP contribution in [0.25, 0.3) is 10.8 Å². The second-order valence-electron chi connectivity index (χ2n) is 9.51. The number of carbonyl (C=O) groups is 3. The Morgan fingerprint density at radius 3 is 2.50 bits per heavy atom. The van der Waals surface area contributed by atoms with Gasteiger partial charge in [0.1, 0.15) is 6.04 Å². The van der Waals surface area contributed by atoms with Crippen LogP contribution >= 0.6 is 0 Å². The average Bonchev–Trinajstić information content (AvgIpc) is 3.16. The number of benzene rings is 3. The summed E-state index contributed by atoms with van der Waals surface area (Å²) in [6, 6.07) is 19.1. The average molecular weight is 486 g/mol. The van der Waals surface area contributed by atoms with E-state index in [1.165, 1.54) is 0 Å². The third-order valence-corrected chi connectivity index (χ3v) is 7.02. The Hall–Kier alpha value is -3.67. The van der Waals surface area contributed by atoms with Crippen molar-refractivity contribution >= 4 is 34.2 Å². The summed E-state index contributed by atoms with van der Waals surface area (Å²) in [5.74, 6) is -0.240. The molecule has 0 spiro atoms. The van der Waals surface area contributed by atoms with Crippen molar-refractivity contribution in [2.24, 2.45) is 0 Å². The fraction of sp³-hybridized carbons (Fsp3) is 0.367. The fourth-order valence-corrected chi connectivity index (χ4v) is 4.82. The van der Waals surface area contributed by atoms with E-state index in [4.69, 9.17) is 0 Å². The van der Waals surface area contributed by atoms with Crippen molar-refractivity contribution in [1.29, 1.82) is 0 Å². The highest BCUT2D eigenvalue weighted by Crippen LogP contribution is 2.37. The van der Waals surface area contributed by atoms with Gasteiger partial charge in [-0.05, 0) is 55.3 Å². The topological polar surface area (TPSA) is 69.7 Å². The zero-order chi connectivity index (χ0) is 25.7. The first-order chi connectivity index (χ1) is 17.4. The molecule has 0 bridgehead atoms. The highest BCUT2D eigenvalue weighted by molar-refractivity contribution is 6.25. The minimum absolute atomic E-state index is 0.0188. The Morgan fingerprint density at radius 2 is 1.75 bits per heavy atom.